The number of methoxy groups -OCH3 is 1. The van der Waals surface area contributed by atoms with Crippen LogP contribution in [0.1, 0.15) is 13.3 Å². The molecule has 0 saturated heterocycles. The number of carbonyl (C=O) groups excluding carboxylic acids is 1. The van der Waals surface area contributed by atoms with Crippen molar-refractivity contribution in [2.45, 2.75) is 18.4 Å². The minimum Gasteiger partial charge on any atom is -0.469 e. The van der Waals surface area contributed by atoms with Crippen molar-refractivity contribution in [3.63, 3.8) is 0 Å². The van der Waals surface area contributed by atoms with E-state index in [2.05, 4.69) is 20.0 Å². The van der Waals surface area contributed by atoms with Crippen LogP contribution in [0.15, 0.2) is 23.6 Å². The number of hydrogen-bond acceptors (Lipinski definition) is 6. The number of carbonyl (C=O) groups is 1. The number of ether oxygens (including phenoxy) is 1. The van der Waals surface area contributed by atoms with Gasteiger partial charge in [0.2, 0.25) is 0 Å². The molecule has 0 aromatic carbocycles. The minimum absolute atomic E-state index is 0.213. The molecule has 0 amide bonds. The Morgan fingerprint density at radius 1 is 1.58 bits per heavy atom. The van der Waals surface area contributed by atoms with Gasteiger partial charge in [0.15, 0.2) is 5.65 Å². The molecule has 0 aliphatic rings. The highest BCUT2D eigenvalue weighted by Gasteiger charge is 2.09. The lowest BCUT2D eigenvalue weighted by atomic mass is 10.5. The van der Waals surface area contributed by atoms with Crippen molar-refractivity contribution in [1.82, 2.24) is 14.4 Å². The van der Waals surface area contributed by atoms with E-state index in [0.717, 1.165) is 23.0 Å². The Hall–Kier alpha value is -1.76. The molecular weight excluding hydrogens is 264 g/mol. The molecule has 0 aliphatic carbocycles. The third-order valence-electron chi connectivity index (χ3n) is 2.47. The van der Waals surface area contributed by atoms with Crippen LogP contribution in [0.4, 0.5) is 5.82 Å². The fourth-order valence-corrected chi connectivity index (χ4v) is 2.51. The standard InChI is InChI=1S/C12H16N4O2S/c1-3-13-9-8-16-6-5-14-11(16)12(15-9)19-7-4-10(17)18-2/h5-6,8,13H,3-4,7H2,1-2H3. The fourth-order valence-electron chi connectivity index (χ4n) is 1.60. The molecule has 0 fully saturated rings. The minimum atomic E-state index is -0.213. The maximum Gasteiger partial charge on any atom is 0.306 e. The molecule has 2 aromatic heterocycles. The van der Waals surface area contributed by atoms with Crippen molar-refractivity contribution in [3.8, 4) is 0 Å². The average molecular weight is 280 g/mol. The molecule has 0 saturated carbocycles. The molecule has 0 atom stereocenters. The number of esters is 1. The van der Waals surface area contributed by atoms with E-state index in [1.165, 1.54) is 18.9 Å². The highest BCUT2D eigenvalue weighted by Crippen LogP contribution is 2.23. The van der Waals surface area contributed by atoms with Gasteiger partial charge < -0.3 is 14.5 Å². The molecule has 6 nitrogen and oxygen atoms in total. The van der Waals surface area contributed by atoms with Crippen molar-refractivity contribution in [2.24, 2.45) is 0 Å². The summed E-state index contributed by atoms with van der Waals surface area (Å²) in [4.78, 5) is 19.9. The summed E-state index contributed by atoms with van der Waals surface area (Å²) in [5.74, 6) is 1.21. The summed E-state index contributed by atoms with van der Waals surface area (Å²) in [5.41, 5.74) is 0.802. The summed E-state index contributed by atoms with van der Waals surface area (Å²) in [6.07, 6.45) is 5.87. The van der Waals surface area contributed by atoms with Gasteiger partial charge in [-0.1, -0.05) is 0 Å². The summed E-state index contributed by atoms with van der Waals surface area (Å²) < 4.78 is 6.54. The molecule has 0 aliphatic heterocycles. The molecule has 0 spiro atoms. The van der Waals surface area contributed by atoms with Crippen molar-refractivity contribution in [3.05, 3.63) is 18.6 Å². The largest absolute Gasteiger partial charge is 0.469 e. The first kappa shape index (κ1) is 13.7. The first-order valence-electron chi connectivity index (χ1n) is 6.01. The summed E-state index contributed by atoms with van der Waals surface area (Å²) in [5, 5.41) is 3.99. The Kier molecular flexibility index (Phi) is 4.62. The smallest absolute Gasteiger partial charge is 0.306 e. The third kappa shape index (κ3) is 3.37. The molecule has 19 heavy (non-hydrogen) atoms. The van der Waals surface area contributed by atoms with Crippen molar-refractivity contribution < 1.29 is 9.53 Å². The number of nitrogens with zero attached hydrogens (tertiary/aromatic N) is 3. The summed E-state index contributed by atoms with van der Waals surface area (Å²) in [6, 6.07) is 0. The van der Waals surface area contributed by atoms with E-state index < -0.39 is 0 Å². The zero-order valence-corrected chi connectivity index (χ0v) is 11.7. The number of imidazole rings is 1. The Morgan fingerprint density at radius 3 is 3.16 bits per heavy atom. The van der Waals surface area contributed by atoms with Crippen LogP contribution in [0, 0.1) is 0 Å². The lowest BCUT2D eigenvalue weighted by Gasteiger charge is -2.07. The second-order valence-electron chi connectivity index (χ2n) is 3.79. The summed E-state index contributed by atoms with van der Waals surface area (Å²) >= 11 is 1.50. The number of anilines is 1. The van der Waals surface area contributed by atoms with Gasteiger partial charge in [-0.25, -0.2) is 9.97 Å². The van der Waals surface area contributed by atoms with Crippen LogP contribution in [0.2, 0.25) is 0 Å². The highest BCUT2D eigenvalue weighted by molar-refractivity contribution is 7.99. The molecule has 102 valence electrons. The summed E-state index contributed by atoms with van der Waals surface area (Å²) in [7, 11) is 1.39. The second-order valence-corrected chi connectivity index (χ2v) is 4.88. The van der Waals surface area contributed by atoms with Crippen LogP contribution in [0.5, 0.6) is 0 Å². The average Bonchev–Trinajstić information content (AvgIpc) is 2.87. The fraction of sp³-hybridized carbons (Fsp3) is 0.417. The number of aromatic nitrogens is 3. The van der Waals surface area contributed by atoms with Gasteiger partial charge in [-0.05, 0) is 6.92 Å². The first-order valence-corrected chi connectivity index (χ1v) is 7.00. The number of hydrogen-bond donors (Lipinski definition) is 1. The quantitative estimate of drug-likeness (QED) is 0.643. The van der Waals surface area contributed by atoms with E-state index in [9.17, 15) is 4.79 Å². The van der Waals surface area contributed by atoms with Crippen LogP contribution in [-0.2, 0) is 9.53 Å². The number of thioether (sulfide) groups is 1. The van der Waals surface area contributed by atoms with E-state index in [0.29, 0.717) is 12.2 Å². The Bertz CT molecular complexity index is 570. The van der Waals surface area contributed by atoms with Gasteiger partial charge in [0.25, 0.3) is 0 Å². The van der Waals surface area contributed by atoms with Gasteiger partial charge in [-0.2, -0.15) is 0 Å². The predicted octanol–water partition coefficient (Wildman–Crippen LogP) is 1.82. The molecule has 0 radical (unpaired) electrons. The van der Waals surface area contributed by atoms with Crippen LogP contribution in [0.25, 0.3) is 5.65 Å². The highest BCUT2D eigenvalue weighted by atomic mass is 32.2. The molecule has 0 unspecified atom stereocenters. The SMILES string of the molecule is CCNc1cn2ccnc2c(SCCC(=O)OC)n1. The van der Waals surface area contributed by atoms with Crippen molar-refractivity contribution in [1.29, 1.82) is 0 Å². The summed E-state index contributed by atoms with van der Waals surface area (Å²) in [6.45, 7) is 2.82. The third-order valence-corrected chi connectivity index (χ3v) is 3.43. The first-order chi connectivity index (χ1) is 9.24. The van der Waals surface area contributed by atoms with Crippen LogP contribution < -0.4 is 5.32 Å². The Balaban J connectivity index is 2.15. The maximum atomic E-state index is 11.1. The molecule has 2 heterocycles. The number of nitrogens with one attached hydrogen (secondary N) is 1. The molecule has 2 aromatic rings. The van der Waals surface area contributed by atoms with Gasteiger partial charge in [0, 0.05) is 24.7 Å². The van der Waals surface area contributed by atoms with Crippen LogP contribution >= 0.6 is 11.8 Å². The molecule has 7 heteroatoms. The van der Waals surface area contributed by atoms with Gasteiger partial charge in [0.1, 0.15) is 10.8 Å². The zero-order chi connectivity index (χ0) is 13.7. The van der Waals surface area contributed by atoms with Gasteiger partial charge >= 0.3 is 5.97 Å². The van der Waals surface area contributed by atoms with Crippen LogP contribution in [0.3, 0.4) is 0 Å². The van der Waals surface area contributed by atoms with Crippen molar-refractivity contribution >= 4 is 29.2 Å². The molecular formula is C12H16N4O2S. The Morgan fingerprint density at radius 2 is 2.42 bits per heavy atom. The molecule has 1 N–H and O–H groups in total. The van der Waals surface area contributed by atoms with Crippen molar-refractivity contribution in [2.75, 3.05) is 24.7 Å². The van der Waals surface area contributed by atoms with E-state index in [1.54, 1.807) is 6.20 Å². The van der Waals surface area contributed by atoms with E-state index in [1.807, 2.05) is 23.7 Å². The van der Waals surface area contributed by atoms with Gasteiger partial charge in [0.05, 0.1) is 19.7 Å². The van der Waals surface area contributed by atoms with E-state index in [-0.39, 0.29) is 5.97 Å². The number of fused-ring (bicyclic) bond motifs is 1. The van der Waals surface area contributed by atoms with Gasteiger partial charge in [-0.15, -0.1) is 11.8 Å². The molecule has 2 rings (SSSR count). The van der Waals surface area contributed by atoms with E-state index >= 15 is 0 Å². The predicted molar refractivity (Wildman–Crippen MR) is 74.5 cm³/mol. The lowest BCUT2D eigenvalue weighted by Crippen LogP contribution is -2.04. The maximum absolute atomic E-state index is 11.1. The zero-order valence-electron chi connectivity index (χ0n) is 10.9. The topological polar surface area (TPSA) is 68.5 Å². The monoisotopic (exact) mass is 280 g/mol. The molecule has 0 bridgehead atoms. The Labute approximate surface area is 115 Å². The second kappa shape index (κ2) is 6.42. The van der Waals surface area contributed by atoms with Gasteiger partial charge in [-0.3, -0.25) is 4.79 Å². The lowest BCUT2D eigenvalue weighted by molar-refractivity contribution is -0.140. The number of rotatable bonds is 6. The normalized spacial score (nSPS) is 10.6. The van der Waals surface area contributed by atoms with E-state index in [4.69, 9.17) is 0 Å². The van der Waals surface area contributed by atoms with Crippen LogP contribution in [-0.4, -0.2) is 39.7 Å².